The predicted octanol–water partition coefficient (Wildman–Crippen LogP) is 3.88. The largest absolute Gasteiger partial charge is 0.271 e. The molecule has 0 aliphatic heterocycles. The van der Waals surface area contributed by atoms with Crippen LogP contribution in [0.5, 0.6) is 0 Å². The van der Waals surface area contributed by atoms with Gasteiger partial charge in [-0.25, -0.2) is 8.42 Å². The molecule has 0 saturated heterocycles. The van der Waals surface area contributed by atoms with Crippen molar-refractivity contribution in [3.05, 3.63) is 76.3 Å². The van der Waals surface area contributed by atoms with Crippen LogP contribution < -0.4 is 4.31 Å². The van der Waals surface area contributed by atoms with Gasteiger partial charge in [0, 0.05) is 19.2 Å². The number of anilines is 1. The first kappa shape index (κ1) is 16.9. The van der Waals surface area contributed by atoms with E-state index in [-0.39, 0.29) is 16.3 Å². The molecule has 3 aromatic carbocycles. The zero-order chi connectivity index (χ0) is 18.2. The summed E-state index contributed by atoms with van der Waals surface area (Å²) in [6, 6.07) is 16.5. The maximum atomic E-state index is 13.0. The Kier molecular flexibility index (Phi) is 4.18. The Balaban J connectivity index is 2.09. The van der Waals surface area contributed by atoms with E-state index >= 15 is 0 Å². The second-order valence-electron chi connectivity index (χ2n) is 5.71. The van der Waals surface area contributed by atoms with Crippen molar-refractivity contribution in [2.75, 3.05) is 11.4 Å². The molecule has 7 heteroatoms. The normalized spacial score (nSPS) is 11.4. The number of nitro benzene ring substituents is 1. The zero-order valence-electron chi connectivity index (χ0n) is 13.7. The van der Waals surface area contributed by atoms with E-state index in [0.717, 1.165) is 15.1 Å². The highest BCUT2D eigenvalue weighted by Gasteiger charge is 2.24. The van der Waals surface area contributed by atoms with Crippen molar-refractivity contribution < 1.29 is 13.3 Å². The highest BCUT2D eigenvalue weighted by molar-refractivity contribution is 7.92. The molecule has 0 spiro atoms. The van der Waals surface area contributed by atoms with E-state index in [0.29, 0.717) is 5.56 Å². The molecular formula is C18H16N2O4S. The third kappa shape index (κ3) is 3.06. The van der Waals surface area contributed by atoms with Crippen molar-refractivity contribution in [3.63, 3.8) is 0 Å². The minimum atomic E-state index is -3.84. The molecule has 25 heavy (non-hydrogen) atoms. The molecule has 0 bridgehead atoms. The SMILES string of the molecule is Cc1ccc([N+](=O)[O-])cc1N(C)S(=O)(=O)c1ccc2ccccc2c1. The van der Waals surface area contributed by atoms with Crippen LogP contribution in [-0.4, -0.2) is 20.4 Å². The molecule has 0 N–H and O–H groups in total. The molecule has 0 saturated carbocycles. The van der Waals surface area contributed by atoms with E-state index in [1.54, 1.807) is 31.2 Å². The summed E-state index contributed by atoms with van der Waals surface area (Å²) in [7, 11) is -2.44. The topological polar surface area (TPSA) is 80.5 Å². The third-order valence-corrected chi connectivity index (χ3v) is 5.89. The standard InChI is InChI=1S/C18H16N2O4S/c1-13-7-9-16(20(21)22)12-18(13)19(2)25(23,24)17-10-8-14-5-3-4-6-15(14)11-17/h3-12H,1-2H3. The molecule has 0 aromatic heterocycles. The Hall–Kier alpha value is -2.93. The Morgan fingerprint density at radius 1 is 0.960 bits per heavy atom. The summed E-state index contributed by atoms with van der Waals surface area (Å²) < 4.78 is 27.0. The van der Waals surface area contributed by atoms with Crippen molar-refractivity contribution in [3.8, 4) is 0 Å². The molecule has 3 aromatic rings. The molecule has 0 aliphatic rings. The average molecular weight is 356 g/mol. The molecule has 0 radical (unpaired) electrons. The Labute approximate surface area is 145 Å². The van der Waals surface area contributed by atoms with Gasteiger partial charge < -0.3 is 0 Å². The van der Waals surface area contributed by atoms with Gasteiger partial charge in [0.15, 0.2) is 0 Å². The maximum absolute atomic E-state index is 13.0. The van der Waals surface area contributed by atoms with Gasteiger partial charge in [0.05, 0.1) is 15.5 Å². The molecular weight excluding hydrogens is 340 g/mol. The van der Waals surface area contributed by atoms with E-state index in [1.807, 2.05) is 24.3 Å². The fourth-order valence-electron chi connectivity index (χ4n) is 2.67. The molecule has 0 heterocycles. The highest BCUT2D eigenvalue weighted by atomic mass is 32.2. The van der Waals surface area contributed by atoms with Gasteiger partial charge in [-0.05, 0) is 35.4 Å². The summed E-state index contributed by atoms with van der Waals surface area (Å²) in [5, 5.41) is 12.7. The zero-order valence-corrected chi connectivity index (χ0v) is 14.5. The van der Waals surface area contributed by atoms with Gasteiger partial charge in [0.1, 0.15) is 0 Å². The number of hydrogen-bond acceptors (Lipinski definition) is 4. The smallest absolute Gasteiger partial charge is 0.269 e. The fourth-order valence-corrected chi connectivity index (χ4v) is 3.95. The van der Waals surface area contributed by atoms with Crippen molar-refractivity contribution in [2.45, 2.75) is 11.8 Å². The van der Waals surface area contributed by atoms with E-state index in [2.05, 4.69) is 0 Å². The maximum Gasteiger partial charge on any atom is 0.271 e. The Morgan fingerprint density at radius 3 is 2.32 bits per heavy atom. The van der Waals surface area contributed by atoms with E-state index in [4.69, 9.17) is 0 Å². The van der Waals surface area contributed by atoms with Gasteiger partial charge in [-0.3, -0.25) is 14.4 Å². The number of benzene rings is 3. The molecule has 6 nitrogen and oxygen atoms in total. The lowest BCUT2D eigenvalue weighted by atomic mass is 10.1. The van der Waals surface area contributed by atoms with Crippen molar-refractivity contribution in [2.24, 2.45) is 0 Å². The lowest BCUT2D eigenvalue weighted by molar-refractivity contribution is -0.384. The number of nitro groups is 1. The highest BCUT2D eigenvalue weighted by Crippen LogP contribution is 2.30. The number of aryl methyl sites for hydroxylation is 1. The molecule has 0 amide bonds. The van der Waals surface area contributed by atoms with E-state index < -0.39 is 14.9 Å². The van der Waals surface area contributed by atoms with Crippen LogP contribution in [-0.2, 0) is 10.0 Å². The minimum absolute atomic E-state index is 0.139. The quantitative estimate of drug-likeness (QED) is 0.525. The van der Waals surface area contributed by atoms with Gasteiger partial charge in [-0.2, -0.15) is 0 Å². The lowest BCUT2D eigenvalue weighted by Crippen LogP contribution is -2.27. The second-order valence-corrected chi connectivity index (χ2v) is 7.68. The lowest BCUT2D eigenvalue weighted by Gasteiger charge is -2.21. The monoisotopic (exact) mass is 356 g/mol. The van der Waals surface area contributed by atoms with Crippen LogP contribution in [0.2, 0.25) is 0 Å². The molecule has 0 aliphatic carbocycles. The van der Waals surface area contributed by atoms with E-state index in [9.17, 15) is 18.5 Å². The first-order chi connectivity index (χ1) is 11.8. The number of fused-ring (bicyclic) bond motifs is 1. The van der Waals surface area contributed by atoms with Crippen LogP contribution in [0.15, 0.2) is 65.6 Å². The average Bonchev–Trinajstić information content (AvgIpc) is 2.60. The number of rotatable bonds is 4. The summed E-state index contributed by atoms with van der Waals surface area (Å²) in [4.78, 5) is 10.6. The van der Waals surface area contributed by atoms with Gasteiger partial charge >= 0.3 is 0 Å². The minimum Gasteiger partial charge on any atom is -0.269 e. The Morgan fingerprint density at radius 2 is 1.64 bits per heavy atom. The number of non-ortho nitro benzene ring substituents is 1. The number of hydrogen-bond donors (Lipinski definition) is 0. The van der Waals surface area contributed by atoms with Crippen molar-refractivity contribution >= 4 is 32.2 Å². The molecule has 0 atom stereocenters. The first-order valence-corrected chi connectivity index (χ1v) is 8.97. The summed E-state index contributed by atoms with van der Waals surface area (Å²) >= 11 is 0. The first-order valence-electron chi connectivity index (χ1n) is 7.53. The van der Waals surface area contributed by atoms with Crippen LogP contribution >= 0.6 is 0 Å². The molecule has 0 unspecified atom stereocenters. The molecule has 3 rings (SSSR count). The molecule has 128 valence electrons. The third-order valence-electron chi connectivity index (χ3n) is 4.12. The summed E-state index contributed by atoms with van der Waals surface area (Å²) in [6.07, 6.45) is 0. The van der Waals surface area contributed by atoms with Crippen molar-refractivity contribution in [1.29, 1.82) is 0 Å². The van der Waals surface area contributed by atoms with Crippen LogP contribution in [0.3, 0.4) is 0 Å². The summed E-state index contributed by atoms with van der Waals surface area (Å²) in [5.41, 5.74) is 0.765. The summed E-state index contributed by atoms with van der Waals surface area (Å²) in [5.74, 6) is 0. The predicted molar refractivity (Wildman–Crippen MR) is 97.4 cm³/mol. The van der Waals surface area contributed by atoms with Crippen LogP contribution in [0.4, 0.5) is 11.4 Å². The molecule has 0 fully saturated rings. The Bertz CT molecular complexity index is 1080. The van der Waals surface area contributed by atoms with Crippen LogP contribution in [0, 0.1) is 17.0 Å². The van der Waals surface area contributed by atoms with Crippen LogP contribution in [0.1, 0.15) is 5.56 Å². The summed E-state index contributed by atoms with van der Waals surface area (Å²) in [6.45, 7) is 1.71. The van der Waals surface area contributed by atoms with Gasteiger partial charge in [0.2, 0.25) is 0 Å². The van der Waals surface area contributed by atoms with Gasteiger partial charge in [-0.15, -0.1) is 0 Å². The fraction of sp³-hybridized carbons (Fsp3) is 0.111. The van der Waals surface area contributed by atoms with Gasteiger partial charge in [-0.1, -0.05) is 36.4 Å². The van der Waals surface area contributed by atoms with Gasteiger partial charge in [0.25, 0.3) is 15.7 Å². The number of nitrogens with zero attached hydrogens (tertiary/aromatic N) is 2. The second kappa shape index (κ2) is 6.18. The van der Waals surface area contributed by atoms with E-state index in [1.165, 1.54) is 19.2 Å². The number of sulfonamides is 1. The van der Waals surface area contributed by atoms with Crippen molar-refractivity contribution in [1.82, 2.24) is 0 Å². The van der Waals surface area contributed by atoms with Crippen LogP contribution in [0.25, 0.3) is 10.8 Å².